The Hall–Kier alpha value is -2.60. The molecule has 0 spiro atoms. The molecule has 2 aromatic rings. The summed E-state index contributed by atoms with van der Waals surface area (Å²) < 4.78 is 5.18. The molecule has 1 aromatic heterocycles. The third kappa shape index (κ3) is 5.24. The van der Waals surface area contributed by atoms with Gasteiger partial charge in [0, 0.05) is 12.7 Å². The van der Waals surface area contributed by atoms with Crippen LogP contribution in [0.4, 0.5) is 4.79 Å². The third-order valence-corrected chi connectivity index (χ3v) is 3.74. The van der Waals surface area contributed by atoms with Crippen molar-refractivity contribution in [1.82, 2.24) is 20.5 Å². The predicted octanol–water partition coefficient (Wildman–Crippen LogP) is 2.19. The van der Waals surface area contributed by atoms with Gasteiger partial charge in [0.15, 0.2) is 0 Å². The lowest BCUT2D eigenvalue weighted by Crippen LogP contribution is -2.40. The second kappa shape index (κ2) is 8.88. The van der Waals surface area contributed by atoms with Crippen LogP contribution in [0.25, 0.3) is 0 Å². The summed E-state index contributed by atoms with van der Waals surface area (Å²) in [5, 5.41) is 5.72. The molecule has 2 amide bonds. The minimum Gasteiger partial charge on any atom is -0.497 e. The van der Waals surface area contributed by atoms with Gasteiger partial charge in [0.2, 0.25) is 0 Å². The zero-order chi connectivity index (χ0) is 17.4. The van der Waals surface area contributed by atoms with Crippen molar-refractivity contribution in [2.24, 2.45) is 0 Å². The third-order valence-electron chi connectivity index (χ3n) is 3.74. The Morgan fingerprint density at radius 3 is 2.50 bits per heavy atom. The fourth-order valence-corrected chi connectivity index (χ4v) is 2.35. The summed E-state index contributed by atoms with van der Waals surface area (Å²) in [5.41, 5.74) is 1.94. The molecule has 1 aromatic carbocycles. The number of carbonyl (C=O) groups is 1. The minimum absolute atomic E-state index is 0.0801. The lowest BCUT2D eigenvalue weighted by molar-refractivity contribution is 0.232. The number of methoxy groups -OCH3 is 1. The van der Waals surface area contributed by atoms with E-state index in [1.807, 2.05) is 56.6 Å². The topological polar surface area (TPSA) is 66.5 Å². The van der Waals surface area contributed by atoms with Crippen molar-refractivity contribution < 1.29 is 9.53 Å². The van der Waals surface area contributed by atoms with Crippen LogP contribution in [-0.4, -0.2) is 43.7 Å². The number of benzene rings is 1. The number of aromatic nitrogens is 1. The van der Waals surface area contributed by atoms with Gasteiger partial charge in [0.25, 0.3) is 0 Å². The van der Waals surface area contributed by atoms with Crippen LogP contribution in [0.5, 0.6) is 5.75 Å². The Balaban J connectivity index is 1.87. The van der Waals surface area contributed by atoms with Gasteiger partial charge < -0.3 is 20.3 Å². The Bertz CT molecular complexity index is 629. The molecular formula is C18H24N4O2. The largest absolute Gasteiger partial charge is 0.497 e. The number of pyridine rings is 1. The number of urea groups is 1. The fraction of sp³-hybridized carbons (Fsp3) is 0.333. The van der Waals surface area contributed by atoms with Gasteiger partial charge in [-0.15, -0.1) is 0 Å². The maximum Gasteiger partial charge on any atom is 0.315 e. The minimum atomic E-state index is -0.207. The molecule has 0 saturated heterocycles. The van der Waals surface area contributed by atoms with Crippen LogP contribution in [0, 0.1) is 0 Å². The molecule has 1 unspecified atom stereocenters. The van der Waals surface area contributed by atoms with E-state index in [9.17, 15) is 4.79 Å². The van der Waals surface area contributed by atoms with E-state index in [0.717, 1.165) is 17.0 Å². The summed E-state index contributed by atoms with van der Waals surface area (Å²) in [6.07, 6.45) is 1.71. The fourth-order valence-electron chi connectivity index (χ4n) is 2.35. The summed E-state index contributed by atoms with van der Waals surface area (Å²) in [5.74, 6) is 0.817. The quantitative estimate of drug-likeness (QED) is 0.818. The predicted molar refractivity (Wildman–Crippen MR) is 93.9 cm³/mol. The summed E-state index contributed by atoms with van der Waals surface area (Å²) >= 11 is 0. The lowest BCUT2D eigenvalue weighted by atomic mass is 10.1. The second-order valence-corrected chi connectivity index (χ2v) is 5.64. The summed E-state index contributed by atoms with van der Waals surface area (Å²) in [6.45, 7) is 0.912. The molecule has 0 fully saturated rings. The number of rotatable bonds is 7. The van der Waals surface area contributed by atoms with Crippen molar-refractivity contribution in [3.63, 3.8) is 0 Å². The lowest BCUT2D eigenvalue weighted by Gasteiger charge is -2.25. The van der Waals surface area contributed by atoms with Crippen LogP contribution < -0.4 is 15.4 Å². The van der Waals surface area contributed by atoms with Gasteiger partial charge in [-0.25, -0.2) is 4.79 Å². The first-order valence-electron chi connectivity index (χ1n) is 7.82. The van der Waals surface area contributed by atoms with Gasteiger partial charge in [0.05, 0.1) is 25.4 Å². The molecule has 2 N–H and O–H groups in total. The number of likely N-dealkylation sites (N-methyl/N-ethyl adjacent to an activating group) is 1. The van der Waals surface area contributed by atoms with Gasteiger partial charge in [-0.3, -0.25) is 4.98 Å². The van der Waals surface area contributed by atoms with Crippen molar-refractivity contribution >= 4 is 6.03 Å². The first-order valence-corrected chi connectivity index (χ1v) is 7.82. The SMILES string of the molecule is COc1ccc(C(CNC(=O)NCc2ccccn2)N(C)C)cc1. The van der Waals surface area contributed by atoms with Crippen molar-refractivity contribution in [3.8, 4) is 5.75 Å². The molecular weight excluding hydrogens is 304 g/mol. The highest BCUT2D eigenvalue weighted by atomic mass is 16.5. The van der Waals surface area contributed by atoms with Gasteiger partial charge in [-0.05, 0) is 43.9 Å². The van der Waals surface area contributed by atoms with E-state index in [2.05, 4.69) is 20.5 Å². The van der Waals surface area contributed by atoms with E-state index in [1.54, 1.807) is 13.3 Å². The smallest absolute Gasteiger partial charge is 0.315 e. The van der Waals surface area contributed by atoms with E-state index >= 15 is 0 Å². The van der Waals surface area contributed by atoms with Gasteiger partial charge >= 0.3 is 6.03 Å². The van der Waals surface area contributed by atoms with Crippen LogP contribution in [0.2, 0.25) is 0 Å². The molecule has 24 heavy (non-hydrogen) atoms. The molecule has 128 valence electrons. The molecule has 0 saturated carbocycles. The summed E-state index contributed by atoms with van der Waals surface area (Å²) in [6, 6.07) is 13.4. The number of nitrogens with zero attached hydrogens (tertiary/aromatic N) is 2. The molecule has 6 nitrogen and oxygen atoms in total. The van der Waals surface area contributed by atoms with E-state index < -0.39 is 0 Å². The molecule has 0 radical (unpaired) electrons. The Morgan fingerprint density at radius 2 is 1.92 bits per heavy atom. The standard InChI is InChI=1S/C18H24N4O2/c1-22(2)17(14-7-9-16(24-3)10-8-14)13-21-18(23)20-12-15-6-4-5-11-19-15/h4-11,17H,12-13H2,1-3H3,(H2,20,21,23). The van der Waals surface area contributed by atoms with Crippen molar-refractivity contribution in [1.29, 1.82) is 0 Å². The number of amides is 2. The number of nitrogens with one attached hydrogen (secondary N) is 2. The number of carbonyl (C=O) groups excluding carboxylic acids is 1. The maximum absolute atomic E-state index is 12.0. The van der Waals surface area contributed by atoms with E-state index in [1.165, 1.54) is 0 Å². The van der Waals surface area contributed by atoms with Gasteiger partial charge in [-0.1, -0.05) is 18.2 Å². The van der Waals surface area contributed by atoms with Crippen LogP contribution >= 0.6 is 0 Å². The van der Waals surface area contributed by atoms with Crippen molar-refractivity contribution in [2.75, 3.05) is 27.7 Å². The average Bonchev–Trinajstić information content (AvgIpc) is 2.61. The normalized spacial score (nSPS) is 11.8. The van der Waals surface area contributed by atoms with Crippen LogP contribution in [-0.2, 0) is 6.54 Å². The highest BCUT2D eigenvalue weighted by Crippen LogP contribution is 2.20. The van der Waals surface area contributed by atoms with E-state index in [-0.39, 0.29) is 12.1 Å². The van der Waals surface area contributed by atoms with Gasteiger partial charge in [0.1, 0.15) is 5.75 Å². The average molecular weight is 328 g/mol. The maximum atomic E-state index is 12.0. The number of ether oxygens (including phenoxy) is 1. The highest BCUT2D eigenvalue weighted by Gasteiger charge is 2.15. The van der Waals surface area contributed by atoms with Crippen molar-refractivity contribution in [3.05, 3.63) is 59.9 Å². The summed E-state index contributed by atoms with van der Waals surface area (Å²) in [4.78, 5) is 18.2. The molecule has 2 rings (SSSR count). The van der Waals surface area contributed by atoms with Crippen molar-refractivity contribution in [2.45, 2.75) is 12.6 Å². The monoisotopic (exact) mass is 328 g/mol. The van der Waals surface area contributed by atoms with Crippen LogP contribution in [0.3, 0.4) is 0 Å². The highest BCUT2D eigenvalue weighted by molar-refractivity contribution is 5.73. The zero-order valence-electron chi connectivity index (χ0n) is 14.3. The molecule has 1 heterocycles. The zero-order valence-corrected chi connectivity index (χ0v) is 14.3. The molecule has 0 aliphatic heterocycles. The Kier molecular flexibility index (Phi) is 6.57. The molecule has 0 aliphatic rings. The Labute approximate surface area is 142 Å². The molecule has 6 heteroatoms. The Morgan fingerprint density at radius 1 is 1.17 bits per heavy atom. The second-order valence-electron chi connectivity index (χ2n) is 5.64. The van der Waals surface area contributed by atoms with E-state index in [0.29, 0.717) is 13.1 Å². The van der Waals surface area contributed by atoms with Gasteiger partial charge in [-0.2, -0.15) is 0 Å². The molecule has 1 atom stereocenters. The number of hydrogen-bond acceptors (Lipinski definition) is 4. The first-order chi connectivity index (χ1) is 11.6. The molecule has 0 bridgehead atoms. The van der Waals surface area contributed by atoms with Crippen LogP contribution in [0.1, 0.15) is 17.3 Å². The van der Waals surface area contributed by atoms with E-state index in [4.69, 9.17) is 4.74 Å². The first kappa shape index (κ1) is 17.7. The molecule has 0 aliphatic carbocycles. The number of hydrogen-bond donors (Lipinski definition) is 2. The van der Waals surface area contributed by atoms with Crippen LogP contribution in [0.15, 0.2) is 48.7 Å². The summed E-state index contributed by atoms with van der Waals surface area (Å²) in [7, 11) is 5.62.